The lowest BCUT2D eigenvalue weighted by Gasteiger charge is -2.18. The number of anilines is 1. The standard InChI is InChI=1S/C20H21ClN2O3S/c1-4-17(26-14-7-8-15(21)12(3)10-14)19(24)22-13-6-9-16-18(11-13)27-20(25)23(16)5-2/h6-11,17H,4-5H2,1-3H3,(H,22,24)/t17-/m1/s1. The Labute approximate surface area is 166 Å². The normalized spacial score (nSPS) is 12.1. The molecule has 5 nitrogen and oxygen atoms in total. The number of ether oxygens (including phenoxy) is 1. The van der Waals surface area contributed by atoms with Crippen LogP contribution in [0.15, 0.2) is 41.2 Å². The number of benzene rings is 2. The van der Waals surface area contributed by atoms with E-state index in [0.717, 1.165) is 15.8 Å². The van der Waals surface area contributed by atoms with Gasteiger partial charge in [0.15, 0.2) is 6.10 Å². The molecule has 0 aliphatic rings. The van der Waals surface area contributed by atoms with Crippen molar-refractivity contribution in [1.82, 2.24) is 4.57 Å². The van der Waals surface area contributed by atoms with E-state index in [0.29, 0.717) is 29.4 Å². The molecule has 142 valence electrons. The summed E-state index contributed by atoms with van der Waals surface area (Å²) < 4.78 is 8.40. The average molecular weight is 405 g/mol. The van der Waals surface area contributed by atoms with Gasteiger partial charge in [-0.1, -0.05) is 29.9 Å². The molecule has 0 aliphatic heterocycles. The van der Waals surface area contributed by atoms with Crippen molar-refractivity contribution in [3.05, 3.63) is 56.7 Å². The summed E-state index contributed by atoms with van der Waals surface area (Å²) in [6.07, 6.45) is -0.102. The van der Waals surface area contributed by atoms with Crippen molar-refractivity contribution in [2.75, 3.05) is 5.32 Å². The van der Waals surface area contributed by atoms with Crippen LogP contribution in [0.2, 0.25) is 5.02 Å². The highest BCUT2D eigenvalue weighted by Crippen LogP contribution is 2.24. The Kier molecular flexibility index (Phi) is 5.87. The number of aryl methyl sites for hydroxylation is 2. The lowest BCUT2D eigenvalue weighted by atomic mass is 10.2. The van der Waals surface area contributed by atoms with Crippen LogP contribution in [0.1, 0.15) is 25.8 Å². The van der Waals surface area contributed by atoms with E-state index in [1.165, 1.54) is 11.3 Å². The minimum absolute atomic E-state index is 0.00357. The maximum absolute atomic E-state index is 12.6. The molecule has 1 atom stereocenters. The lowest BCUT2D eigenvalue weighted by molar-refractivity contribution is -0.122. The second kappa shape index (κ2) is 8.15. The number of hydrogen-bond acceptors (Lipinski definition) is 4. The van der Waals surface area contributed by atoms with Gasteiger partial charge in [0.2, 0.25) is 0 Å². The highest BCUT2D eigenvalue weighted by atomic mass is 35.5. The minimum atomic E-state index is -0.625. The van der Waals surface area contributed by atoms with E-state index in [1.54, 1.807) is 22.8 Å². The topological polar surface area (TPSA) is 60.3 Å². The Balaban J connectivity index is 1.77. The van der Waals surface area contributed by atoms with E-state index in [2.05, 4.69) is 5.32 Å². The summed E-state index contributed by atoms with van der Waals surface area (Å²) >= 11 is 7.21. The smallest absolute Gasteiger partial charge is 0.308 e. The van der Waals surface area contributed by atoms with E-state index in [4.69, 9.17) is 16.3 Å². The van der Waals surface area contributed by atoms with Crippen LogP contribution in [-0.2, 0) is 11.3 Å². The van der Waals surface area contributed by atoms with Gasteiger partial charge in [-0.2, -0.15) is 0 Å². The summed E-state index contributed by atoms with van der Waals surface area (Å²) in [5, 5.41) is 3.54. The zero-order chi connectivity index (χ0) is 19.6. The molecule has 3 aromatic rings. The Hall–Kier alpha value is -2.31. The van der Waals surface area contributed by atoms with Crippen LogP contribution in [-0.4, -0.2) is 16.6 Å². The fourth-order valence-electron chi connectivity index (χ4n) is 2.84. The molecular weight excluding hydrogens is 384 g/mol. The first-order chi connectivity index (χ1) is 12.9. The SMILES string of the molecule is CC[C@@H](Oc1ccc(Cl)c(C)c1)C(=O)Nc1ccc2c(c1)sc(=O)n2CC. The van der Waals surface area contributed by atoms with Gasteiger partial charge in [0, 0.05) is 17.3 Å². The van der Waals surface area contributed by atoms with Gasteiger partial charge in [-0.15, -0.1) is 0 Å². The van der Waals surface area contributed by atoms with Crippen LogP contribution in [0, 0.1) is 6.92 Å². The van der Waals surface area contributed by atoms with Crippen molar-refractivity contribution < 1.29 is 9.53 Å². The summed E-state index contributed by atoms with van der Waals surface area (Å²) in [7, 11) is 0. The van der Waals surface area contributed by atoms with Gasteiger partial charge < -0.3 is 10.1 Å². The van der Waals surface area contributed by atoms with Crippen LogP contribution in [0.3, 0.4) is 0 Å². The Morgan fingerprint density at radius 3 is 2.70 bits per heavy atom. The molecule has 0 fully saturated rings. The van der Waals surface area contributed by atoms with Gasteiger partial charge >= 0.3 is 4.87 Å². The van der Waals surface area contributed by atoms with E-state index in [9.17, 15) is 9.59 Å². The van der Waals surface area contributed by atoms with Crippen LogP contribution in [0.4, 0.5) is 5.69 Å². The molecule has 2 aromatic carbocycles. The van der Waals surface area contributed by atoms with Crippen LogP contribution < -0.4 is 14.9 Å². The van der Waals surface area contributed by atoms with Gasteiger partial charge in [-0.25, -0.2) is 0 Å². The number of hydrogen-bond donors (Lipinski definition) is 1. The number of carbonyl (C=O) groups is 1. The first-order valence-electron chi connectivity index (χ1n) is 8.80. The molecule has 7 heteroatoms. The predicted octanol–water partition coefficient (Wildman–Crippen LogP) is 4.84. The third-order valence-electron chi connectivity index (χ3n) is 4.32. The van der Waals surface area contributed by atoms with Crippen molar-refractivity contribution in [1.29, 1.82) is 0 Å². The molecule has 0 saturated heterocycles. The molecule has 0 saturated carbocycles. The molecule has 1 N–H and O–H groups in total. The molecule has 0 aliphatic carbocycles. The van der Waals surface area contributed by atoms with Gasteiger partial charge in [-0.3, -0.25) is 14.2 Å². The number of nitrogens with one attached hydrogen (secondary N) is 1. The van der Waals surface area contributed by atoms with Gasteiger partial charge in [0.1, 0.15) is 5.75 Å². The molecule has 1 amide bonds. The lowest BCUT2D eigenvalue weighted by Crippen LogP contribution is -2.32. The zero-order valence-corrected chi connectivity index (χ0v) is 17.0. The first-order valence-corrected chi connectivity index (χ1v) is 9.99. The average Bonchev–Trinajstić information content (AvgIpc) is 2.96. The molecule has 27 heavy (non-hydrogen) atoms. The number of rotatable bonds is 6. The molecule has 0 radical (unpaired) electrons. The second-order valence-corrected chi connectivity index (χ2v) is 7.61. The number of thiazole rings is 1. The molecule has 1 aromatic heterocycles. The summed E-state index contributed by atoms with van der Waals surface area (Å²) in [5.74, 6) is 0.374. The largest absolute Gasteiger partial charge is 0.481 e. The summed E-state index contributed by atoms with van der Waals surface area (Å²) in [6.45, 7) is 6.34. The Morgan fingerprint density at radius 1 is 1.26 bits per heavy atom. The fourth-order valence-corrected chi connectivity index (χ4v) is 3.96. The van der Waals surface area contributed by atoms with Crippen molar-refractivity contribution in [2.24, 2.45) is 0 Å². The second-order valence-electron chi connectivity index (χ2n) is 6.21. The van der Waals surface area contributed by atoms with Gasteiger partial charge in [0.25, 0.3) is 5.91 Å². The maximum Gasteiger partial charge on any atom is 0.308 e. The highest BCUT2D eigenvalue weighted by molar-refractivity contribution is 7.16. The van der Waals surface area contributed by atoms with Gasteiger partial charge in [0.05, 0.1) is 10.2 Å². The third kappa shape index (κ3) is 4.17. The summed E-state index contributed by atoms with van der Waals surface area (Å²) in [6, 6.07) is 10.8. The van der Waals surface area contributed by atoms with Crippen molar-refractivity contribution >= 4 is 44.7 Å². The monoisotopic (exact) mass is 404 g/mol. The van der Waals surface area contributed by atoms with Crippen LogP contribution >= 0.6 is 22.9 Å². The number of fused-ring (bicyclic) bond motifs is 1. The Bertz CT molecular complexity index is 1040. The summed E-state index contributed by atoms with van der Waals surface area (Å²) in [5.41, 5.74) is 2.42. The molecule has 3 rings (SSSR count). The highest BCUT2D eigenvalue weighted by Gasteiger charge is 2.19. The van der Waals surface area contributed by atoms with E-state index >= 15 is 0 Å². The van der Waals surface area contributed by atoms with Crippen molar-refractivity contribution in [3.63, 3.8) is 0 Å². The van der Waals surface area contributed by atoms with E-state index < -0.39 is 6.10 Å². The minimum Gasteiger partial charge on any atom is -0.481 e. The zero-order valence-electron chi connectivity index (χ0n) is 15.4. The van der Waals surface area contributed by atoms with Crippen LogP contribution in [0.25, 0.3) is 10.2 Å². The number of amides is 1. The van der Waals surface area contributed by atoms with Crippen LogP contribution in [0.5, 0.6) is 5.75 Å². The van der Waals surface area contributed by atoms with E-state index in [-0.39, 0.29) is 10.8 Å². The van der Waals surface area contributed by atoms with Crippen molar-refractivity contribution in [2.45, 2.75) is 39.8 Å². The molecule has 0 bridgehead atoms. The molecule has 0 spiro atoms. The molecule has 0 unspecified atom stereocenters. The molecule has 1 heterocycles. The maximum atomic E-state index is 12.6. The Morgan fingerprint density at radius 2 is 2.04 bits per heavy atom. The number of halogens is 1. The predicted molar refractivity (Wildman–Crippen MR) is 111 cm³/mol. The quantitative estimate of drug-likeness (QED) is 0.639. The number of carbonyl (C=O) groups excluding carboxylic acids is 1. The first kappa shape index (κ1) is 19.5. The number of nitrogens with zero attached hydrogens (tertiary/aromatic N) is 1. The fraction of sp³-hybridized carbons (Fsp3) is 0.300. The number of aromatic nitrogens is 1. The van der Waals surface area contributed by atoms with Gasteiger partial charge in [-0.05, 0) is 62.2 Å². The van der Waals surface area contributed by atoms with E-state index in [1.807, 2.05) is 39.0 Å². The third-order valence-corrected chi connectivity index (χ3v) is 5.69. The molecular formula is C20H21ClN2O3S. The summed E-state index contributed by atoms with van der Waals surface area (Å²) in [4.78, 5) is 24.6. The van der Waals surface area contributed by atoms with Crippen molar-refractivity contribution in [3.8, 4) is 5.75 Å².